The topological polar surface area (TPSA) is 24.5 Å². The number of ether oxygens (including phenoxy) is 1. The fourth-order valence-electron chi connectivity index (χ4n) is 2.10. The molecule has 1 rings (SSSR count). The summed E-state index contributed by atoms with van der Waals surface area (Å²) >= 11 is 0. The zero-order valence-electron chi connectivity index (χ0n) is 10.5. The molecule has 15 heavy (non-hydrogen) atoms. The molecule has 0 aromatic heterocycles. The molecule has 0 aromatic carbocycles. The van der Waals surface area contributed by atoms with Crippen molar-refractivity contribution >= 4 is 0 Å². The summed E-state index contributed by atoms with van der Waals surface area (Å²) in [4.78, 5) is 2.56. The zero-order valence-corrected chi connectivity index (χ0v) is 10.5. The van der Waals surface area contributed by atoms with Crippen LogP contribution in [0.2, 0.25) is 0 Å². The van der Waals surface area contributed by atoms with E-state index in [1.165, 1.54) is 32.5 Å². The van der Waals surface area contributed by atoms with E-state index in [-0.39, 0.29) is 0 Å². The van der Waals surface area contributed by atoms with E-state index < -0.39 is 0 Å². The third-order valence-electron chi connectivity index (χ3n) is 2.86. The molecule has 1 aliphatic heterocycles. The summed E-state index contributed by atoms with van der Waals surface area (Å²) in [6, 6.07) is 0. The highest BCUT2D eigenvalue weighted by Gasteiger charge is 2.19. The Bertz CT molecular complexity index is 154. The van der Waals surface area contributed by atoms with Crippen LogP contribution in [-0.4, -0.2) is 50.8 Å². The van der Waals surface area contributed by atoms with Gasteiger partial charge < -0.3 is 15.0 Å². The first-order chi connectivity index (χ1) is 7.22. The molecule has 0 spiro atoms. The Hall–Kier alpha value is -0.120. The van der Waals surface area contributed by atoms with Crippen LogP contribution in [0.25, 0.3) is 0 Å². The van der Waals surface area contributed by atoms with Crippen molar-refractivity contribution in [3.05, 3.63) is 0 Å². The van der Waals surface area contributed by atoms with Gasteiger partial charge in [-0.05, 0) is 25.8 Å². The van der Waals surface area contributed by atoms with E-state index in [0.29, 0.717) is 6.10 Å². The lowest BCUT2D eigenvalue weighted by Gasteiger charge is -2.32. The Morgan fingerprint density at radius 1 is 1.33 bits per heavy atom. The quantitative estimate of drug-likeness (QED) is 0.675. The van der Waals surface area contributed by atoms with Crippen molar-refractivity contribution in [2.24, 2.45) is 5.92 Å². The van der Waals surface area contributed by atoms with Crippen LogP contribution in [0.5, 0.6) is 0 Å². The van der Waals surface area contributed by atoms with Gasteiger partial charge in [-0.3, -0.25) is 0 Å². The summed E-state index contributed by atoms with van der Waals surface area (Å²) in [6.07, 6.45) is 2.91. The van der Waals surface area contributed by atoms with Crippen molar-refractivity contribution in [1.29, 1.82) is 0 Å². The van der Waals surface area contributed by atoms with Crippen molar-refractivity contribution < 1.29 is 4.74 Å². The van der Waals surface area contributed by atoms with Crippen molar-refractivity contribution in [2.45, 2.75) is 32.8 Å². The van der Waals surface area contributed by atoms with Crippen LogP contribution in [0.4, 0.5) is 0 Å². The predicted molar refractivity (Wildman–Crippen MR) is 64.2 cm³/mol. The van der Waals surface area contributed by atoms with Crippen molar-refractivity contribution in [1.82, 2.24) is 10.2 Å². The first kappa shape index (κ1) is 12.9. The van der Waals surface area contributed by atoms with Gasteiger partial charge in [-0.15, -0.1) is 0 Å². The van der Waals surface area contributed by atoms with Gasteiger partial charge >= 0.3 is 0 Å². The molecule has 0 amide bonds. The van der Waals surface area contributed by atoms with Crippen LogP contribution < -0.4 is 5.32 Å². The Labute approximate surface area is 94.2 Å². The Kier molecular flexibility index (Phi) is 6.22. The lowest BCUT2D eigenvalue weighted by atomic mass is 10.1. The summed E-state index contributed by atoms with van der Waals surface area (Å²) < 4.78 is 5.79. The minimum absolute atomic E-state index is 0.502. The maximum absolute atomic E-state index is 5.79. The highest BCUT2D eigenvalue weighted by molar-refractivity contribution is 4.73. The molecule has 1 saturated heterocycles. The smallest absolute Gasteiger partial charge is 0.0600 e. The summed E-state index contributed by atoms with van der Waals surface area (Å²) in [5.74, 6) is 0.784. The van der Waals surface area contributed by atoms with Gasteiger partial charge in [0.2, 0.25) is 0 Å². The fourth-order valence-corrected chi connectivity index (χ4v) is 2.10. The molecule has 1 aliphatic rings. The van der Waals surface area contributed by atoms with Gasteiger partial charge in [-0.2, -0.15) is 0 Å². The summed E-state index contributed by atoms with van der Waals surface area (Å²) in [5, 5.41) is 3.11. The molecule has 0 aromatic rings. The van der Waals surface area contributed by atoms with Gasteiger partial charge in [0.15, 0.2) is 0 Å². The maximum atomic E-state index is 5.79. The van der Waals surface area contributed by atoms with Gasteiger partial charge in [-0.1, -0.05) is 13.8 Å². The molecule has 1 N–H and O–H groups in total. The Balaban J connectivity index is 2.07. The monoisotopic (exact) mass is 214 g/mol. The molecule has 3 heteroatoms. The van der Waals surface area contributed by atoms with Crippen LogP contribution in [0.3, 0.4) is 0 Å². The van der Waals surface area contributed by atoms with E-state index in [2.05, 4.69) is 24.1 Å². The number of nitrogens with zero attached hydrogens (tertiary/aromatic N) is 1. The Morgan fingerprint density at radius 3 is 2.53 bits per heavy atom. The van der Waals surface area contributed by atoms with E-state index in [1.54, 1.807) is 0 Å². The molecule has 1 fully saturated rings. The Morgan fingerprint density at radius 2 is 2.00 bits per heavy atom. The second-order valence-corrected chi connectivity index (χ2v) is 4.87. The van der Waals surface area contributed by atoms with Gasteiger partial charge in [0.25, 0.3) is 0 Å². The number of nitrogens with one attached hydrogen (secondary N) is 1. The third kappa shape index (κ3) is 5.50. The molecule has 0 radical (unpaired) electrons. The molecular weight excluding hydrogens is 188 g/mol. The lowest BCUT2D eigenvalue weighted by Crippen LogP contribution is -2.39. The number of hydrogen-bond acceptors (Lipinski definition) is 3. The molecule has 0 bridgehead atoms. The molecule has 90 valence electrons. The van der Waals surface area contributed by atoms with Crippen LogP contribution in [0.15, 0.2) is 0 Å². The number of rotatable bonds is 6. The second kappa shape index (κ2) is 7.20. The summed E-state index contributed by atoms with van der Waals surface area (Å²) in [7, 11) is 1.97. The highest BCUT2D eigenvalue weighted by Crippen LogP contribution is 2.14. The first-order valence-corrected chi connectivity index (χ1v) is 6.21. The van der Waals surface area contributed by atoms with Gasteiger partial charge in [0.1, 0.15) is 0 Å². The van der Waals surface area contributed by atoms with Crippen LogP contribution in [0, 0.1) is 5.92 Å². The first-order valence-electron chi connectivity index (χ1n) is 6.21. The largest absolute Gasteiger partial charge is 0.377 e. The maximum Gasteiger partial charge on any atom is 0.0600 e. The lowest BCUT2D eigenvalue weighted by molar-refractivity contribution is 0.00757. The van der Waals surface area contributed by atoms with Gasteiger partial charge in [0, 0.05) is 26.2 Å². The fraction of sp³-hybridized carbons (Fsp3) is 1.00. The minimum atomic E-state index is 0.502. The zero-order chi connectivity index (χ0) is 11.1. The molecule has 0 unspecified atom stereocenters. The van der Waals surface area contributed by atoms with Crippen LogP contribution in [0.1, 0.15) is 26.7 Å². The number of piperidine rings is 1. The summed E-state index contributed by atoms with van der Waals surface area (Å²) in [5.41, 5.74) is 0. The SMILES string of the molecule is CNCCOC1CCN(CC(C)C)CC1. The van der Waals surface area contributed by atoms with E-state index in [0.717, 1.165) is 19.1 Å². The van der Waals surface area contributed by atoms with E-state index >= 15 is 0 Å². The van der Waals surface area contributed by atoms with E-state index in [4.69, 9.17) is 4.74 Å². The number of likely N-dealkylation sites (N-methyl/N-ethyl adjacent to an activating group) is 1. The van der Waals surface area contributed by atoms with Gasteiger partial charge in [-0.25, -0.2) is 0 Å². The molecule has 0 atom stereocenters. The van der Waals surface area contributed by atoms with Gasteiger partial charge in [0.05, 0.1) is 12.7 Å². The minimum Gasteiger partial charge on any atom is -0.377 e. The molecule has 1 heterocycles. The van der Waals surface area contributed by atoms with E-state index in [1.807, 2.05) is 7.05 Å². The summed E-state index contributed by atoms with van der Waals surface area (Å²) in [6.45, 7) is 10.1. The van der Waals surface area contributed by atoms with Crippen molar-refractivity contribution in [3.63, 3.8) is 0 Å². The van der Waals surface area contributed by atoms with Crippen molar-refractivity contribution in [3.8, 4) is 0 Å². The average molecular weight is 214 g/mol. The average Bonchev–Trinajstić information content (AvgIpc) is 2.20. The van der Waals surface area contributed by atoms with Crippen molar-refractivity contribution in [2.75, 3.05) is 39.8 Å². The number of likely N-dealkylation sites (tertiary alicyclic amines) is 1. The second-order valence-electron chi connectivity index (χ2n) is 4.87. The molecule has 0 saturated carbocycles. The van der Waals surface area contributed by atoms with Crippen LogP contribution in [-0.2, 0) is 4.74 Å². The highest BCUT2D eigenvalue weighted by atomic mass is 16.5. The normalized spacial score (nSPS) is 20.0. The van der Waals surface area contributed by atoms with Crippen LogP contribution >= 0.6 is 0 Å². The molecular formula is C12H26N2O. The standard InChI is InChI=1S/C12H26N2O/c1-11(2)10-14-7-4-12(5-8-14)15-9-6-13-3/h11-13H,4-10H2,1-3H3. The number of hydrogen-bond donors (Lipinski definition) is 1. The van der Waals surface area contributed by atoms with E-state index in [9.17, 15) is 0 Å². The third-order valence-corrected chi connectivity index (χ3v) is 2.86. The predicted octanol–water partition coefficient (Wildman–Crippen LogP) is 1.34. The molecule has 0 aliphatic carbocycles. The molecule has 3 nitrogen and oxygen atoms in total.